The summed E-state index contributed by atoms with van der Waals surface area (Å²) in [4.78, 5) is 8.25. The lowest BCUT2D eigenvalue weighted by Gasteiger charge is -2.17. The maximum absolute atomic E-state index is 13.4. The monoisotopic (exact) mass is 354 g/mol. The second-order valence-corrected chi connectivity index (χ2v) is 7.98. The molecule has 4 rings (SSSR count). The van der Waals surface area contributed by atoms with Crippen LogP contribution in [0.1, 0.15) is 35.4 Å². The number of pyridine rings is 1. The highest BCUT2D eigenvalue weighted by Crippen LogP contribution is 2.38. The Bertz CT molecular complexity index is 845. The summed E-state index contributed by atoms with van der Waals surface area (Å²) in [5.41, 5.74) is 2.51. The Morgan fingerprint density at radius 3 is 2.84 bits per heavy atom. The third-order valence-electron chi connectivity index (χ3n) is 5.15. The molecule has 0 N–H and O–H groups in total. The summed E-state index contributed by atoms with van der Waals surface area (Å²) in [7, 11) is 0. The molecule has 1 saturated heterocycles. The molecule has 1 aliphatic rings. The first-order chi connectivity index (χ1) is 12.2. The highest BCUT2D eigenvalue weighted by atomic mass is 32.1. The van der Waals surface area contributed by atoms with Crippen LogP contribution in [-0.2, 0) is 6.42 Å². The molecule has 0 aliphatic carbocycles. The SMILES string of the molecule is CC(c1ccccn1)c1c(CCN2CC[C@@H](F)C2)sc2ccccc12. The standard InChI is InChI=1S/C21H23FN2S/c1-15(18-7-4-5-11-23-18)21-17-6-2-3-8-19(17)25-20(21)10-13-24-12-9-16(22)14-24/h2-8,11,15-16H,9-10,12-14H2,1H3/t15?,16-/m1/s1. The highest BCUT2D eigenvalue weighted by molar-refractivity contribution is 7.19. The van der Waals surface area contributed by atoms with E-state index in [1.165, 1.54) is 20.5 Å². The van der Waals surface area contributed by atoms with Gasteiger partial charge in [-0.3, -0.25) is 9.88 Å². The molecule has 3 aromatic rings. The molecule has 2 nitrogen and oxygen atoms in total. The van der Waals surface area contributed by atoms with Crippen LogP contribution in [0.15, 0.2) is 48.7 Å². The lowest BCUT2D eigenvalue weighted by atomic mass is 9.93. The predicted molar refractivity (Wildman–Crippen MR) is 103 cm³/mol. The normalized spacial score (nSPS) is 19.5. The van der Waals surface area contributed by atoms with Gasteiger partial charge in [-0.05, 0) is 42.0 Å². The molecule has 0 bridgehead atoms. The number of rotatable bonds is 5. The number of likely N-dealkylation sites (tertiary alicyclic amines) is 1. The van der Waals surface area contributed by atoms with E-state index in [9.17, 15) is 4.39 Å². The molecule has 1 unspecified atom stereocenters. The van der Waals surface area contributed by atoms with E-state index in [0.717, 1.165) is 25.2 Å². The maximum atomic E-state index is 13.4. The topological polar surface area (TPSA) is 16.1 Å². The van der Waals surface area contributed by atoms with Crippen LogP contribution in [0.25, 0.3) is 10.1 Å². The van der Waals surface area contributed by atoms with Gasteiger partial charge in [0.25, 0.3) is 0 Å². The third-order valence-corrected chi connectivity index (χ3v) is 6.39. The van der Waals surface area contributed by atoms with Gasteiger partial charge >= 0.3 is 0 Å². The van der Waals surface area contributed by atoms with Gasteiger partial charge in [-0.15, -0.1) is 11.3 Å². The zero-order chi connectivity index (χ0) is 17.2. The zero-order valence-electron chi connectivity index (χ0n) is 14.5. The first kappa shape index (κ1) is 16.7. The quantitative estimate of drug-likeness (QED) is 0.638. The molecule has 4 heteroatoms. The molecule has 1 aromatic carbocycles. The summed E-state index contributed by atoms with van der Waals surface area (Å²) >= 11 is 1.88. The first-order valence-electron chi connectivity index (χ1n) is 9.00. The lowest BCUT2D eigenvalue weighted by molar-refractivity contribution is 0.290. The zero-order valence-corrected chi connectivity index (χ0v) is 15.3. The number of benzene rings is 1. The molecule has 3 heterocycles. The fourth-order valence-corrected chi connectivity index (χ4v) is 5.09. The van der Waals surface area contributed by atoms with Gasteiger partial charge < -0.3 is 0 Å². The van der Waals surface area contributed by atoms with Crippen molar-refractivity contribution in [2.75, 3.05) is 19.6 Å². The van der Waals surface area contributed by atoms with E-state index in [1.54, 1.807) is 0 Å². The molecule has 0 saturated carbocycles. The van der Waals surface area contributed by atoms with Crippen LogP contribution in [0, 0.1) is 0 Å². The fourth-order valence-electron chi connectivity index (χ4n) is 3.80. The van der Waals surface area contributed by atoms with Gasteiger partial charge in [-0.25, -0.2) is 4.39 Å². The molecule has 130 valence electrons. The van der Waals surface area contributed by atoms with E-state index in [2.05, 4.69) is 53.2 Å². The summed E-state index contributed by atoms with van der Waals surface area (Å²) in [6.45, 7) is 4.66. The van der Waals surface area contributed by atoms with Crippen molar-refractivity contribution in [2.24, 2.45) is 0 Å². The maximum Gasteiger partial charge on any atom is 0.114 e. The lowest BCUT2D eigenvalue weighted by Crippen LogP contribution is -2.23. The minimum absolute atomic E-state index is 0.264. The molecule has 0 radical (unpaired) electrons. The Hall–Kier alpha value is -1.78. The van der Waals surface area contributed by atoms with Crippen LogP contribution in [0.2, 0.25) is 0 Å². The molecule has 25 heavy (non-hydrogen) atoms. The third kappa shape index (κ3) is 3.46. The number of fused-ring (bicyclic) bond motifs is 1. The van der Waals surface area contributed by atoms with Gasteiger partial charge in [-0.2, -0.15) is 0 Å². The number of alkyl halides is 1. The van der Waals surface area contributed by atoms with Gasteiger partial charge in [0.2, 0.25) is 0 Å². The number of halogens is 1. The average Bonchev–Trinajstić information content (AvgIpc) is 3.23. The summed E-state index contributed by atoms with van der Waals surface area (Å²) < 4.78 is 14.8. The molecular formula is C21H23FN2S. The fraction of sp³-hybridized carbons (Fsp3) is 0.381. The Kier molecular flexibility index (Phi) is 4.82. The van der Waals surface area contributed by atoms with Crippen molar-refractivity contribution < 1.29 is 4.39 Å². The number of hydrogen-bond donors (Lipinski definition) is 0. The largest absolute Gasteiger partial charge is 0.300 e. The predicted octanol–water partition coefficient (Wildman–Crippen LogP) is 5.03. The first-order valence-corrected chi connectivity index (χ1v) is 9.81. The summed E-state index contributed by atoms with van der Waals surface area (Å²) in [6, 6.07) is 14.8. The van der Waals surface area contributed by atoms with Crippen molar-refractivity contribution in [1.29, 1.82) is 0 Å². The van der Waals surface area contributed by atoms with Crippen LogP contribution >= 0.6 is 11.3 Å². The highest BCUT2D eigenvalue weighted by Gasteiger charge is 2.24. The van der Waals surface area contributed by atoms with Gasteiger partial charge in [0.1, 0.15) is 6.17 Å². The molecule has 0 amide bonds. The Morgan fingerprint density at radius 2 is 2.08 bits per heavy atom. The number of aromatic nitrogens is 1. The molecular weight excluding hydrogens is 331 g/mol. The minimum atomic E-state index is -0.644. The van der Waals surface area contributed by atoms with E-state index in [1.807, 2.05) is 23.6 Å². The summed E-state index contributed by atoms with van der Waals surface area (Å²) in [5, 5.41) is 1.34. The number of nitrogens with zero attached hydrogens (tertiary/aromatic N) is 2. The Morgan fingerprint density at radius 1 is 1.24 bits per heavy atom. The van der Waals surface area contributed by atoms with E-state index < -0.39 is 6.17 Å². The molecule has 1 fully saturated rings. The van der Waals surface area contributed by atoms with Crippen molar-refractivity contribution in [3.63, 3.8) is 0 Å². The van der Waals surface area contributed by atoms with Crippen molar-refractivity contribution in [3.8, 4) is 0 Å². The molecule has 2 aromatic heterocycles. The van der Waals surface area contributed by atoms with E-state index >= 15 is 0 Å². The average molecular weight is 354 g/mol. The molecule has 1 aliphatic heterocycles. The number of thiophene rings is 1. The minimum Gasteiger partial charge on any atom is -0.300 e. The molecule has 2 atom stereocenters. The van der Waals surface area contributed by atoms with Crippen LogP contribution in [0.4, 0.5) is 4.39 Å². The van der Waals surface area contributed by atoms with Crippen molar-refractivity contribution >= 4 is 21.4 Å². The second kappa shape index (κ2) is 7.22. The van der Waals surface area contributed by atoms with Crippen molar-refractivity contribution in [3.05, 3.63) is 64.8 Å². The van der Waals surface area contributed by atoms with Gasteiger partial charge in [0.05, 0.1) is 0 Å². The molecule has 0 spiro atoms. The van der Waals surface area contributed by atoms with Gasteiger partial charge in [-0.1, -0.05) is 31.2 Å². The summed E-state index contributed by atoms with van der Waals surface area (Å²) in [6.07, 6.45) is 2.89. The van der Waals surface area contributed by atoms with Crippen molar-refractivity contribution in [2.45, 2.75) is 31.9 Å². The Balaban J connectivity index is 1.66. The van der Waals surface area contributed by atoms with Gasteiger partial charge in [0.15, 0.2) is 0 Å². The second-order valence-electron chi connectivity index (χ2n) is 6.85. The van der Waals surface area contributed by atoms with E-state index in [-0.39, 0.29) is 5.92 Å². The smallest absolute Gasteiger partial charge is 0.114 e. The Labute approximate surface area is 152 Å². The van der Waals surface area contributed by atoms with E-state index in [4.69, 9.17) is 0 Å². The summed E-state index contributed by atoms with van der Waals surface area (Å²) in [5.74, 6) is 0.264. The number of hydrogen-bond acceptors (Lipinski definition) is 3. The van der Waals surface area contributed by atoms with Crippen LogP contribution in [-0.4, -0.2) is 35.7 Å². The van der Waals surface area contributed by atoms with Crippen LogP contribution in [0.5, 0.6) is 0 Å². The van der Waals surface area contributed by atoms with Gasteiger partial charge in [0, 0.05) is 47.0 Å². The van der Waals surface area contributed by atoms with Crippen LogP contribution in [0.3, 0.4) is 0 Å². The van der Waals surface area contributed by atoms with E-state index in [0.29, 0.717) is 13.0 Å². The van der Waals surface area contributed by atoms with Crippen molar-refractivity contribution in [1.82, 2.24) is 9.88 Å². The van der Waals surface area contributed by atoms with Crippen LogP contribution < -0.4 is 0 Å².